The van der Waals surface area contributed by atoms with Gasteiger partial charge in [0.1, 0.15) is 0 Å². The van der Waals surface area contributed by atoms with E-state index in [0.29, 0.717) is 11.4 Å². The first-order valence-electron chi connectivity index (χ1n) is 10.6. The van der Waals surface area contributed by atoms with Gasteiger partial charge in [-0.15, -0.1) is 0 Å². The summed E-state index contributed by atoms with van der Waals surface area (Å²) in [6.07, 6.45) is 3.79. The summed E-state index contributed by atoms with van der Waals surface area (Å²) in [5.41, 5.74) is 5.27. The first-order chi connectivity index (χ1) is 15.2. The van der Waals surface area contributed by atoms with E-state index < -0.39 is 18.3 Å². The molecular formula is C25H24BN3O2S. The van der Waals surface area contributed by atoms with Gasteiger partial charge in [-0.3, -0.25) is 5.41 Å². The minimum Gasteiger partial charge on any atom is -0.399 e. The maximum atomic E-state index is 8.79. The van der Waals surface area contributed by atoms with Gasteiger partial charge in [0.05, 0.1) is 33.8 Å². The number of hydrogen-bond acceptors (Lipinski definition) is 6. The summed E-state index contributed by atoms with van der Waals surface area (Å²) in [4.78, 5) is 5.03. The molecule has 5 rings (SSSR count). The van der Waals surface area contributed by atoms with Crippen LogP contribution in [0.4, 0.5) is 0 Å². The number of allylic oxidation sites excluding steroid dienone is 1. The summed E-state index contributed by atoms with van der Waals surface area (Å²) in [5, 5.41) is 9.68. The zero-order chi connectivity index (χ0) is 22.7. The fourth-order valence-electron chi connectivity index (χ4n) is 4.13. The smallest absolute Gasteiger partial charge is 0.399 e. The van der Waals surface area contributed by atoms with Crippen molar-refractivity contribution in [2.24, 2.45) is 4.40 Å². The van der Waals surface area contributed by atoms with Crippen LogP contribution in [0.5, 0.6) is 0 Å². The van der Waals surface area contributed by atoms with E-state index in [1.807, 2.05) is 88.4 Å². The average molecular weight is 441 g/mol. The lowest BCUT2D eigenvalue weighted by Gasteiger charge is -2.32. The van der Waals surface area contributed by atoms with Gasteiger partial charge in [0, 0.05) is 22.1 Å². The summed E-state index contributed by atoms with van der Waals surface area (Å²) in [6, 6.07) is 16.0. The second-order valence-electron chi connectivity index (χ2n) is 9.17. The predicted octanol–water partition coefficient (Wildman–Crippen LogP) is 4.88. The summed E-state index contributed by atoms with van der Waals surface area (Å²) in [7, 11) is -0.476. The van der Waals surface area contributed by atoms with Gasteiger partial charge in [-0.2, -0.15) is 0 Å². The van der Waals surface area contributed by atoms with Crippen LogP contribution in [-0.4, -0.2) is 34.7 Å². The van der Waals surface area contributed by atoms with Gasteiger partial charge in [0.15, 0.2) is 0 Å². The highest BCUT2D eigenvalue weighted by Gasteiger charge is 2.51. The third-order valence-electron chi connectivity index (χ3n) is 6.64. The maximum absolute atomic E-state index is 8.79. The Morgan fingerprint density at radius 3 is 2.31 bits per heavy atom. The van der Waals surface area contributed by atoms with Gasteiger partial charge in [0.2, 0.25) is 0 Å². The van der Waals surface area contributed by atoms with E-state index >= 15 is 0 Å². The Morgan fingerprint density at radius 1 is 0.969 bits per heavy atom. The molecule has 0 radical (unpaired) electrons. The molecule has 1 aromatic heterocycles. The minimum absolute atomic E-state index is 0.338. The van der Waals surface area contributed by atoms with Gasteiger partial charge in [0.25, 0.3) is 0 Å². The number of pyridine rings is 1. The summed E-state index contributed by atoms with van der Waals surface area (Å²) in [6.45, 7) is 8.18. The predicted molar refractivity (Wildman–Crippen MR) is 135 cm³/mol. The van der Waals surface area contributed by atoms with Crippen molar-refractivity contribution in [3.05, 3.63) is 65.7 Å². The van der Waals surface area contributed by atoms with Crippen LogP contribution in [0.3, 0.4) is 0 Å². The van der Waals surface area contributed by atoms with Gasteiger partial charge in [-0.25, -0.2) is 9.38 Å². The lowest BCUT2D eigenvalue weighted by atomic mass is 9.78. The maximum Gasteiger partial charge on any atom is 0.494 e. The molecule has 32 heavy (non-hydrogen) atoms. The van der Waals surface area contributed by atoms with Crippen molar-refractivity contribution >= 4 is 53.8 Å². The van der Waals surface area contributed by atoms with Crippen LogP contribution in [-0.2, 0) is 9.31 Å². The Kier molecular flexibility index (Phi) is 4.89. The highest BCUT2D eigenvalue weighted by molar-refractivity contribution is 7.79. The van der Waals surface area contributed by atoms with Crippen LogP contribution in [0.15, 0.2) is 59.0 Å². The normalized spacial score (nSPS) is 20.2. The van der Waals surface area contributed by atoms with E-state index in [-0.39, 0.29) is 0 Å². The molecular weight excluding hydrogens is 417 g/mol. The summed E-state index contributed by atoms with van der Waals surface area (Å²) >= 11 is 4.06. The summed E-state index contributed by atoms with van der Waals surface area (Å²) < 4.78 is 16.5. The molecule has 2 aliphatic rings. The van der Waals surface area contributed by atoms with Crippen molar-refractivity contribution in [2.75, 3.05) is 0 Å². The third kappa shape index (κ3) is 3.23. The molecule has 0 amide bonds. The van der Waals surface area contributed by atoms with Crippen LogP contribution in [0.1, 0.15) is 38.8 Å². The zero-order valence-electron chi connectivity index (χ0n) is 18.5. The third-order valence-corrected chi connectivity index (χ3v) is 6.86. The number of fused-ring (bicyclic) bond motifs is 3. The molecule has 1 aliphatic heterocycles. The summed E-state index contributed by atoms with van der Waals surface area (Å²) in [5.74, 6) is 0. The monoisotopic (exact) mass is 441 g/mol. The Balaban J connectivity index is 1.73. The first kappa shape index (κ1) is 21.1. The molecule has 160 valence electrons. The van der Waals surface area contributed by atoms with Crippen LogP contribution in [0.2, 0.25) is 0 Å². The molecule has 0 unspecified atom stereocenters. The molecule has 5 nitrogen and oxygen atoms in total. The highest BCUT2D eigenvalue weighted by Crippen LogP contribution is 2.37. The van der Waals surface area contributed by atoms with Crippen molar-refractivity contribution in [3.8, 4) is 11.3 Å². The van der Waals surface area contributed by atoms with E-state index in [0.717, 1.165) is 38.8 Å². The average Bonchev–Trinajstić information content (AvgIpc) is 3.00. The van der Waals surface area contributed by atoms with Crippen molar-refractivity contribution in [2.45, 2.75) is 38.9 Å². The first-order valence-corrected chi connectivity index (χ1v) is 11.0. The molecule has 7 heteroatoms. The Labute approximate surface area is 193 Å². The Bertz CT molecular complexity index is 1300. The Morgan fingerprint density at radius 2 is 1.66 bits per heavy atom. The van der Waals surface area contributed by atoms with Crippen LogP contribution < -0.4 is 5.46 Å². The van der Waals surface area contributed by atoms with E-state index in [4.69, 9.17) is 19.7 Å². The molecule has 1 aliphatic carbocycles. The van der Waals surface area contributed by atoms with Gasteiger partial charge in [-0.1, -0.05) is 42.5 Å². The van der Waals surface area contributed by atoms with Gasteiger partial charge in [-0.05, 0) is 64.2 Å². The number of benzene rings is 2. The number of thiol groups is 1. The molecule has 0 saturated carbocycles. The van der Waals surface area contributed by atoms with Gasteiger partial charge >= 0.3 is 7.12 Å². The fraction of sp³-hybridized carbons (Fsp3) is 0.240. The molecule has 0 bridgehead atoms. The second kappa shape index (κ2) is 7.41. The fourth-order valence-corrected chi connectivity index (χ4v) is 4.29. The Hall–Kier alpha value is -2.74. The van der Waals surface area contributed by atoms with E-state index in [1.165, 1.54) is 0 Å². The standard InChI is InChI=1S/C25H24BN3O2S/c1-24(2)25(3,4)31-26(30-24)16-10-11-17-20(14-16)28-23(15-8-6-5-7-9-15)18-12-13-19(29-32)22(27)21(17)18/h5-14,27,32H,1-4H3/b27-22?,29-19-. The minimum atomic E-state index is -0.476. The second-order valence-corrected chi connectivity index (χ2v) is 9.37. The molecule has 1 fully saturated rings. The molecule has 2 aromatic carbocycles. The van der Waals surface area contributed by atoms with E-state index in [9.17, 15) is 0 Å². The van der Waals surface area contributed by atoms with Crippen molar-refractivity contribution in [1.82, 2.24) is 4.98 Å². The zero-order valence-corrected chi connectivity index (χ0v) is 19.4. The van der Waals surface area contributed by atoms with E-state index in [2.05, 4.69) is 17.2 Å². The molecule has 2 heterocycles. The number of nitrogens with one attached hydrogen (secondary N) is 1. The molecule has 1 N–H and O–H groups in total. The largest absolute Gasteiger partial charge is 0.494 e. The van der Waals surface area contributed by atoms with E-state index in [1.54, 1.807) is 0 Å². The van der Waals surface area contributed by atoms with Crippen LogP contribution in [0.25, 0.3) is 28.2 Å². The quantitative estimate of drug-likeness (QED) is 0.440. The molecule has 0 spiro atoms. The molecule has 1 saturated heterocycles. The van der Waals surface area contributed by atoms with Crippen LogP contribution >= 0.6 is 12.8 Å². The van der Waals surface area contributed by atoms with Gasteiger partial charge < -0.3 is 9.31 Å². The lowest BCUT2D eigenvalue weighted by Crippen LogP contribution is -2.41. The van der Waals surface area contributed by atoms with Crippen molar-refractivity contribution in [3.63, 3.8) is 0 Å². The van der Waals surface area contributed by atoms with Crippen molar-refractivity contribution < 1.29 is 9.31 Å². The van der Waals surface area contributed by atoms with Crippen LogP contribution in [0, 0.1) is 5.41 Å². The topological polar surface area (TPSA) is 67.6 Å². The number of hydrogen-bond donors (Lipinski definition) is 2. The number of nitrogens with zero attached hydrogens (tertiary/aromatic N) is 2. The van der Waals surface area contributed by atoms with Crippen molar-refractivity contribution in [1.29, 1.82) is 5.41 Å². The number of rotatable bonds is 2. The molecule has 3 aromatic rings. The molecule has 0 atom stereocenters. The number of aromatic nitrogens is 1. The highest BCUT2D eigenvalue weighted by atomic mass is 32.1. The SMILES string of the molecule is CC1(C)OB(c2ccc3c4c(c(-c5ccccc5)nc3c2)C=C/C(=N/S)C4=N)OC1(C)C. The lowest BCUT2D eigenvalue weighted by molar-refractivity contribution is 0.00578.